The Hall–Kier alpha value is -1.39. The smallest absolute Gasteiger partial charge is 0.336 e. The SMILES string of the molecule is O=C(O)c1ccccc1C=Cc1ccc(Br)c(Br)c1. The van der Waals surface area contributed by atoms with Crippen LogP contribution in [-0.2, 0) is 0 Å². The highest BCUT2D eigenvalue weighted by Crippen LogP contribution is 2.24. The topological polar surface area (TPSA) is 37.3 Å². The van der Waals surface area contributed by atoms with Crippen molar-refractivity contribution in [2.45, 2.75) is 0 Å². The Morgan fingerprint density at radius 2 is 1.74 bits per heavy atom. The second kappa shape index (κ2) is 6.17. The van der Waals surface area contributed by atoms with Crippen molar-refractivity contribution in [1.82, 2.24) is 0 Å². The van der Waals surface area contributed by atoms with Crippen molar-refractivity contribution in [3.63, 3.8) is 0 Å². The second-order valence-electron chi connectivity index (χ2n) is 3.90. The van der Waals surface area contributed by atoms with E-state index in [0.29, 0.717) is 11.1 Å². The van der Waals surface area contributed by atoms with Crippen molar-refractivity contribution >= 4 is 50.0 Å². The maximum atomic E-state index is 11.1. The van der Waals surface area contributed by atoms with Crippen LogP contribution in [0.1, 0.15) is 21.5 Å². The summed E-state index contributed by atoms with van der Waals surface area (Å²) < 4.78 is 1.94. The molecule has 0 atom stereocenters. The monoisotopic (exact) mass is 380 g/mol. The van der Waals surface area contributed by atoms with Crippen molar-refractivity contribution in [2.75, 3.05) is 0 Å². The number of rotatable bonds is 3. The van der Waals surface area contributed by atoms with Gasteiger partial charge in [-0.1, -0.05) is 36.4 Å². The van der Waals surface area contributed by atoms with Crippen LogP contribution in [0.3, 0.4) is 0 Å². The van der Waals surface area contributed by atoms with E-state index < -0.39 is 5.97 Å². The molecule has 0 aromatic heterocycles. The van der Waals surface area contributed by atoms with Crippen LogP contribution in [0.2, 0.25) is 0 Å². The highest BCUT2D eigenvalue weighted by molar-refractivity contribution is 9.13. The first-order valence-electron chi connectivity index (χ1n) is 5.53. The summed E-state index contributed by atoms with van der Waals surface area (Å²) in [5.74, 6) is -0.919. The molecule has 4 heteroatoms. The van der Waals surface area contributed by atoms with Crippen molar-refractivity contribution in [3.8, 4) is 0 Å². The Morgan fingerprint density at radius 1 is 1.00 bits per heavy atom. The van der Waals surface area contributed by atoms with Gasteiger partial charge in [0, 0.05) is 8.95 Å². The standard InChI is InChI=1S/C15H10Br2O2/c16-13-8-6-10(9-14(13)17)5-7-11-3-1-2-4-12(11)15(18)19/h1-9H,(H,18,19). The molecule has 0 fully saturated rings. The molecule has 0 amide bonds. The lowest BCUT2D eigenvalue weighted by Crippen LogP contribution is -1.98. The number of carboxylic acid groups (broad SMARTS) is 1. The summed E-state index contributed by atoms with van der Waals surface area (Å²) in [6.45, 7) is 0. The molecule has 1 N–H and O–H groups in total. The third kappa shape index (κ3) is 3.55. The first kappa shape index (κ1) is 14.0. The zero-order chi connectivity index (χ0) is 13.8. The molecule has 0 heterocycles. The van der Waals surface area contributed by atoms with Gasteiger partial charge >= 0.3 is 5.97 Å². The predicted molar refractivity (Wildman–Crippen MR) is 84.2 cm³/mol. The summed E-state index contributed by atoms with van der Waals surface area (Å²) >= 11 is 6.84. The number of carbonyl (C=O) groups is 1. The average molecular weight is 382 g/mol. The summed E-state index contributed by atoms with van der Waals surface area (Å²) in [7, 11) is 0. The Labute approximate surface area is 128 Å². The van der Waals surface area contributed by atoms with E-state index in [-0.39, 0.29) is 0 Å². The molecule has 2 nitrogen and oxygen atoms in total. The third-order valence-corrected chi connectivity index (χ3v) is 4.47. The molecule has 0 unspecified atom stereocenters. The van der Waals surface area contributed by atoms with Crippen LogP contribution in [0.5, 0.6) is 0 Å². The molecule has 96 valence electrons. The summed E-state index contributed by atoms with van der Waals surface area (Å²) in [6, 6.07) is 12.8. The number of hydrogen-bond acceptors (Lipinski definition) is 1. The number of hydrogen-bond donors (Lipinski definition) is 1. The van der Waals surface area contributed by atoms with Crippen LogP contribution < -0.4 is 0 Å². The van der Waals surface area contributed by atoms with E-state index in [1.807, 2.05) is 30.3 Å². The normalized spacial score (nSPS) is 10.8. The number of carboxylic acids is 1. The first-order chi connectivity index (χ1) is 9.08. The minimum Gasteiger partial charge on any atom is -0.478 e. The highest BCUT2D eigenvalue weighted by atomic mass is 79.9. The Bertz CT molecular complexity index is 648. The van der Waals surface area contributed by atoms with Gasteiger partial charge in [-0.3, -0.25) is 0 Å². The first-order valence-corrected chi connectivity index (χ1v) is 7.12. The van der Waals surface area contributed by atoms with Crippen molar-refractivity contribution < 1.29 is 9.90 Å². The van der Waals surface area contributed by atoms with Gasteiger partial charge in [0.05, 0.1) is 5.56 Å². The van der Waals surface area contributed by atoms with Gasteiger partial charge in [0.25, 0.3) is 0 Å². The van der Waals surface area contributed by atoms with Gasteiger partial charge in [-0.2, -0.15) is 0 Å². The van der Waals surface area contributed by atoms with Gasteiger partial charge in [0.15, 0.2) is 0 Å². The van der Waals surface area contributed by atoms with E-state index in [1.165, 1.54) is 0 Å². The summed E-state index contributed by atoms with van der Waals surface area (Å²) in [5.41, 5.74) is 1.99. The maximum Gasteiger partial charge on any atom is 0.336 e. The lowest BCUT2D eigenvalue weighted by atomic mass is 10.1. The third-order valence-electron chi connectivity index (χ3n) is 2.59. The van der Waals surface area contributed by atoms with E-state index in [0.717, 1.165) is 14.5 Å². The lowest BCUT2D eigenvalue weighted by Gasteiger charge is -2.01. The molecule has 19 heavy (non-hydrogen) atoms. The molecule has 0 saturated heterocycles. The van der Waals surface area contributed by atoms with E-state index in [4.69, 9.17) is 5.11 Å². The van der Waals surface area contributed by atoms with E-state index in [9.17, 15) is 4.79 Å². The van der Waals surface area contributed by atoms with Crippen LogP contribution >= 0.6 is 31.9 Å². The van der Waals surface area contributed by atoms with Gasteiger partial charge in [0.1, 0.15) is 0 Å². The Balaban J connectivity index is 2.32. The molecular formula is C15H10Br2O2. The van der Waals surface area contributed by atoms with Crippen LogP contribution in [0.15, 0.2) is 51.4 Å². The molecule has 0 aliphatic heterocycles. The molecule has 0 saturated carbocycles. The van der Waals surface area contributed by atoms with Crippen molar-refractivity contribution in [2.24, 2.45) is 0 Å². The summed E-state index contributed by atoms with van der Waals surface area (Å²) in [4.78, 5) is 11.1. The van der Waals surface area contributed by atoms with Crippen LogP contribution in [0.4, 0.5) is 0 Å². The fraction of sp³-hybridized carbons (Fsp3) is 0. The molecule has 0 radical (unpaired) electrons. The predicted octanol–water partition coefficient (Wildman–Crippen LogP) is 5.08. The fourth-order valence-corrected chi connectivity index (χ4v) is 2.28. The molecular weight excluding hydrogens is 372 g/mol. The van der Waals surface area contributed by atoms with Crippen molar-refractivity contribution in [3.05, 3.63) is 68.1 Å². The van der Waals surface area contributed by atoms with E-state index in [2.05, 4.69) is 31.9 Å². The second-order valence-corrected chi connectivity index (χ2v) is 5.61. The van der Waals surface area contributed by atoms with Gasteiger partial charge in [-0.05, 0) is 61.2 Å². The quantitative estimate of drug-likeness (QED) is 0.752. The fourth-order valence-electron chi connectivity index (χ4n) is 1.64. The number of benzene rings is 2. The Kier molecular flexibility index (Phi) is 4.56. The average Bonchev–Trinajstić information content (AvgIpc) is 2.40. The molecule has 0 aliphatic rings. The minimum absolute atomic E-state index is 0.301. The zero-order valence-corrected chi connectivity index (χ0v) is 13.0. The zero-order valence-electron chi connectivity index (χ0n) is 9.81. The van der Waals surface area contributed by atoms with Crippen LogP contribution in [0, 0.1) is 0 Å². The highest BCUT2D eigenvalue weighted by Gasteiger charge is 2.05. The molecule has 2 rings (SSSR count). The van der Waals surface area contributed by atoms with Crippen LogP contribution in [-0.4, -0.2) is 11.1 Å². The number of aromatic carboxylic acids is 1. The lowest BCUT2D eigenvalue weighted by molar-refractivity contribution is 0.0696. The maximum absolute atomic E-state index is 11.1. The largest absolute Gasteiger partial charge is 0.478 e. The molecule has 2 aromatic carbocycles. The Morgan fingerprint density at radius 3 is 2.42 bits per heavy atom. The summed E-state index contributed by atoms with van der Waals surface area (Å²) in [5, 5.41) is 9.10. The molecule has 2 aromatic rings. The minimum atomic E-state index is -0.919. The molecule has 0 aliphatic carbocycles. The molecule has 0 bridgehead atoms. The van der Waals surface area contributed by atoms with Crippen molar-refractivity contribution in [1.29, 1.82) is 0 Å². The van der Waals surface area contributed by atoms with Gasteiger partial charge < -0.3 is 5.11 Å². The number of halogens is 2. The summed E-state index contributed by atoms with van der Waals surface area (Å²) in [6.07, 6.45) is 3.69. The molecule has 0 spiro atoms. The van der Waals surface area contributed by atoms with Crippen LogP contribution in [0.25, 0.3) is 12.2 Å². The van der Waals surface area contributed by atoms with Gasteiger partial charge in [-0.15, -0.1) is 0 Å². The van der Waals surface area contributed by atoms with E-state index >= 15 is 0 Å². The van der Waals surface area contributed by atoms with Gasteiger partial charge in [-0.25, -0.2) is 4.79 Å². The van der Waals surface area contributed by atoms with E-state index in [1.54, 1.807) is 24.3 Å². The van der Waals surface area contributed by atoms with Gasteiger partial charge in [0.2, 0.25) is 0 Å².